The first-order valence-corrected chi connectivity index (χ1v) is 6.35. The largest absolute Gasteiger partial charge is 0.452 e. The van der Waals surface area contributed by atoms with Crippen molar-refractivity contribution in [3.63, 3.8) is 0 Å². The summed E-state index contributed by atoms with van der Waals surface area (Å²) in [5, 5.41) is 0.0972. The molecular formula is C13H13ClFNO3. The van der Waals surface area contributed by atoms with E-state index < -0.39 is 11.8 Å². The molecule has 19 heavy (non-hydrogen) atoms. The van der Waals surface area contributed by atoms with E-state index in [-0.39, 0.29) is 23.1 Å². The number of amides is 1. The molecule has 1 aromatic carbocycles. The van der Waals surface area contributed by atoms with Crippen molar-refractivity contribution in [2.24, 2.45) is 0 Å². The van der Waals surface area contributed by atoms with Crippen LogP contribution in [0.4, 0.5) is 4.39 Å². The van der Waals surface area contributed by atoms with E-state index in [2.05, 4.69) is 0 Å². The lowest BCUT2D eigenvalue weighted by atomic mass is 10.2. The van der Waals surface area contributed by atoms with Crippen LogP contribution in [0.1, 0.15) is 23.2 Å². The molecule has 0 aliphatic carbocycles. The number of carbonyl (C=O) groups excluding carboxylic acids is 2. The fourth-order valence-corrected chi connectivity index (χ4v) is 2.11. The minimum Gasteiger partial charge on any atom is -0.452 e. The summed E-state index contributed by atoms with van der Waals surface area (Å²) in [7, 11) is 0. The molecule has 2 rings (SSSR count). The lowest BCUT2D eigenvalue weighted by Gasteiger charge is -2.15. The Labute approximate surface area is 115 Å². The summed E-state index contributed by atoms with van der Waals surface area (Å²) in [5.74, 6) is -1.61. The first-order chi connectivity index (χ1) is 9.08. The second kappa shape index (κ2) is 6.02. The van der Waals surface area contributed by atoms with E-state index in [0.29, 0.717) is 13.1 Å². The molecule has 1 aliphatic rings. The van der Waals surface area contributed by atoms with Gasteiger partial charge in [-0.15, -0.1) is 0 Å². The predicted octanol–water partition coefficient (Wildman–Crippen LogP) is 2.26. The lowest BCUT2D eigenvalue weighted by Crippen LogP contribution is -2.32. The summed E-state index contributed by atoms with van der Waals surface area (Å²) in [4.78, 5) is 25.0. The number of carbonyl (C=O) groups is 2. The highest BCUT2D eigenvalue weighted by Crippen LogP contribution is 2.18. The van der Waals surface area contributed by atoms with Crippen molar-refractivity contribution in [3.05, 3.63) is 34.6 Å². The van der Waals surface area contributed by atoms with Gasteiger partial charge >= 0.3 is 5.97 Å². The van der Waals surface area contributed by atoms with Gasteiger partial charge in [-0.05, 0) is 31.0 Å². The lowest BCUT2D eigenvalue weighted by molar-refractivity contribution is -0.133. The maximum Gasteiger partial charge on any atom is 0.340 e. The van der Waals surface area contributed by atoms with Crippen molar-refractivity contribution in [3.8, 4) is 0 Å². The molecule has 0 atom stereocenters. The van der Waals surface area contributed by atoms with Gasteiger partial charge in [0.25, 0.3) is 5.91 Å². The molecule has 1 fully saturated rings. The second-order valence-corrected chi connectivity index (χ2v) is 4.70. The Morgan fingerprint density at radius 3 is 2.68 bits per heavy atom. The molecule has 1 aromatic rings. The molecule has 1 heterocycles. The summed E-state index contributed by atoms with van der Waals surface area (Å²) in [6, 6.07) is 3.41. The van der Waals surface area contributed by atoms with E-state index in [9.17, 15) is 14.0 Å². The standard InChI is InChI=1S/C13H13ClFNO3/c14-11-4-3-9(15)7-10(11)13(18)19-8-12(17)16-5-1-2-6-16/h3-4,7H,1-2,5-6,8H2. The summed E-state index contributed by atoms with van der Waals surface area (Å²) in [6.07, 6.45) is 1.94. The first kappa shape index (κ1) is 13.8. The van der Waals surface area contributed by atoms with Gasteiger partial charge in [0.1, 0.15) is 5.82 Å². The minimum absolute atomic E-state index is 0.0733. The zero-order chi connectivity index (χ0) is 13.8. The highest BCUT2D eigenvalue weighted by molar-refractivity contribution is 6.33. The smallest absolute Gasteiger partial charge is 0.340 e. The summed E-state index contributed by atoms with van der Waals surface area (Å²) in [5.41, 5.74) is -0.0733. The Balaban J connectivity index is 1.93. The quantitative estimate of drug-likeness (QED) is 0.800. The number of benzene rings is 1. The summed E-state index contributed by atoms with van der Waals surface area (Å²) < 4.78 is 17.9. The summed E-state index contributed by atoms with van der Waals surface area (Å²) >= 11 is 5.77. The molecule has 4 nitrogen and oxygen atoms in total. The van der Waals surface area contributed by atoms with Gasteiger partial charge in [-0.25, -0.2) is 9.18 Å². The Morgan fingerprint density at radius 2 is 2.00 bits per heavy atom. The van der Waals surface area contributed by atoms with Crippen molar-refractivity contribution < 1.29 is 18.7 Å². The van der Waals surface area contributed by atoms with Crippen LogP contribution in [0.25, 0.3) is 0 Å². The normalized spacial score (nSPS) is 14.5. The topological polar surface area (TPSA) is 46.6 Å². The molecule has 0 radical (unpaired) electrons. The number of nitrogens with zero attached hydrogens (tertiary/aromatic N) is 1. The highest BCUT2D eigenvalue weighted by Gasteiger charge is 2.20. The molecule has 0 unspecified atom stereocenters. The fraction of sp³-hybridized carbons (Fsp3) is 0.385. The van der Waals surface area contributed by atoms with Crippen LogP contribution < -0.4 is 0 Å². The average Bonchev–Trinajstić information content (AvgIpc) is 2.92. The zero-order valence-corrected chi connectivity index (χ0v) is 11.0. The molecule has 1 saturated heterocycles. The number of ether oxygens (including phenoxy) is 1. The molecule has 1 aliphatic heterocycles. The van der Waals surface area contributed by atoms with E-state index in [0.717, 1.165) is 25.0 Å². The van der Waals surface area contributed by atoms with Gasteiger partial charge in [-0.1, -0.05) is 11.6 Å². The van der Waals surface area contributed by atoms with Gasteiger partial charge in [0.05, 0.1) is 10.6 Å². The number of hydrogen-bond donors (Lipinski definition) is 0. The Bertz CT molecular complexity index is 501. The van der Waals surface area contributed by atoms with E-state index in [4.69, 9.17) is 16.3 Å². The number of halogens is 2. The Hall–Kier alpha value is -1.62. The Morgan fingerprint density at radius 1 is 1.32 bits per heavy atom. The van der Waals surface area contributed by atoms with Crippen LogP contribution in [0, 0.1) is 5.82 Å². The van der Waals surface area contributed by atoms with Crippen LogP contribution in [-0.4, -0.2) is 36.5 Å². The van der Waals surface area contributed by atoms with Crippen molar-refractivity contribution in [1.82, 2.24) is 4.90 Å². The first-order valence-electron chi connectivity index (χ1n) is 5.98. The predicted molar refractivity (Wildman–Crippen MR) is 67.5 cm³/mol. The van der Waals surface area contributed by atoms with Crippen LogP contribution in [0.5, 0.6) is 0 Å². The van der Waals surface area contributed by atoms with E-state index >= 15 is 0 Å². The number of esters is 1. The van der Waals surface area contributed by atoms with Crippen LogP contribution in [0.15, 0.2) is 18.2 Å². The van der Waals surface area contributed by atoms with E-state index in [1.807, 2.05) is 0 Å². The van der Waals surface area contributed by atoms with Crippen LogP contribution >= 0.6 is 11.6 Å². The molecule has 0 spiro atoms. The van der Waals surface area contributed by atoms with E-state index in [1.54, 1.807) is 4.90 Å². The van der Waals surface area contributed by atoms with Crippen molar-refractivity contribution >= 4 is 23.5 Å². The Kier molecular flexibility index (Phi) is 4.37. The zero-order valence-electron chi connectivity index (χ0n) is 10.2. The highest BCUT2D eigenvalue weighted by atomic mass is 35.5. The van der Waals surface area contributed by atoms with Gasteiger partial charge in [-0.2, -0.15) is 0 Å². The molecule has 6 heteroatoms. The van der Waals surface area contributed by atoms with Gasteiger partial charge < -0.3 is 9.64 Å². The van der Waals surface area contributed by atoms with Crippen LogP contribution in [0.2, 0.25) is 5.02 Å². The monoisotopic (exact) mass is 285 g/mol. The molecule has 102 valence electrons. The van der Waals surface area contributed by atoms with Crippen molar-refractivity contribution in [2.75, 3.05) is 19.7 Å². The number of hydrogen-bond acceptors (Lipinski definition) is 3. The summed E-state index contributed by atoms with van der Waals surface area (Å²) in [6.45, 7) is 1.04. The maximum absolute atomic E-state index is 13.0. The van der Waals surface area contributed by atoms with Crippen LogP contribution in [0.3, 0.4) is 0 Å². The SMILES string of the molecule is O=C(OCC(=O)N1CCCC1)c1cc(F)ccc1Cl. The van der Waals surface area contributed by atoms with Crippen molar-refractivity contribution in [1.29, 1.82) is 0 Å². The third-order valence-electron chi connectivity index (χ3n) is 2.93. The van der Waals surface area contributed by atoms with Gasteiger partial charge in [-0.3, -0.25) is 4.79 Å². The van der Waals surface area contributed by atoms with Gasteiger partial charge in [0, 0.05) is 13.1 Å². The average molecular weight is 286 g/mol. The molecule has 0 aromatic heterocycles. The minimum atomic E-state index is -0.794. The van der Waals surface area contributed by atoms with Gasteiger partial charge in [0.15, 0.2) is 6.61 Å². The molecule has 0 N–H and O–H groups in total. The molecule has 1 amide bonds. The molecule has 0 bridgehead atoms. The number of likely N-dealkylation sites (tertiary alicyclic amines) is 1. The fourth-order valence-electron chi connectivity index (χ4n) is 1.92. The molecule has 0 saturated carbocycles. The third-order valence-corrected chi connectivity index (χ3v) is 3.26. The van der Waals surface area contributed by atoms with Gasteiger partial charge in [0.2, 0.25) is 0 Å². The van der Waals surface area contributed by atoms with Crippen molar-refractivity contribution in [2.45, 2.75) is 12.8 Å². The number of rotatable bonds is 3. The van der Waals surface area contributed by atoms with E-state index in [1.165, 1.54) is 6.07 Å². The maximum atomic E-state index is 13.0. The van der Waals surface area contributed by atoms with Crippen LogP contribution in [-0.2, 0) is 9.53 Å². The molecular weight excluding hydrogens is 273 g/mol. The second-order valence-electron chi connectivity index (χ2n) is 4.29. The third kappa shape index (κ3) is 3.44.